The lowest BCUT2D eigenvalue weighted by molar-refractivity contribution is -0.127. The Morgan fingerprint density at radius 3 is 2.14 bits per heavy atom. The van der Waals surface area contributed by atoms with E-state index in [0.29, 0.717) is 26.2 Å². The second-order valence-electron chi connectivity index (χ2n) is 6.65. The summed E-state index contributed by atoms with van der Waals surface area (Å²) in [6.07, 6.45) is 3.27. The number of sulfonamides is 1. The molecular formula is C21H24N2O4S. The highest BCUT2D eigenvalue weighted by Gasteiger charge is 2.29. The fourth-order valence-electron chi connectivity index (χ4n) is 3.00. The van der Waals surface area contributed by atoms with Gasteiger partial charge in [0.25, 0.3) is 0 Å². The third-order valence-corrected chi connectivity index (χ3v) is 6.66. The number of ether oxygens (including phenoxy) is 1. The van der Waals surface area contributed by atoms with Crippen molar-refractivity contribution in [2.45, 2.75) is 11.8 Å². The van der Waals surface area contributed by atoms with Crippen molar-refractivity contribution < 1.29 is 17.9 Å². The van der Waals surface area contributed by atoms with Crippen LogP contribution in [0.4, 0.5) is 0 Å². The monoisotopic (exact) mass is 400 g/mol. The van der Waals surface area contributed by atoms with Gasteiger partial charge in [0.2, 0.25) is 15.9 Å². The average Bonchev–Trinajstić information content (AvgIpc) is 2.73. The summed E-state index contributed by atoms with van der Waals surface area (Å²) in [7, 11) is -1.92. The molecule has 0 unspecified atom stereocenters. The number of amides is 1. The van der Waals surface area contributed by atoms with Crippen LogP contribution < -0.4 is 4.74 Å². The van der Waals surface area contributed by atoms with Gasteiger partial charge >= 0.3 is 0 Å². The number of hydrogen-bond acceptors (Lipinski definition) is 4. The van der Waals surface area contributed by atoms with E-state index in [1.165, 1.54) is 10.4 Å². The first-order valence-electron chi connectivity index (χ1n) is 9.08. The minimum absolute atomic E-state index is 0.122. The van der Waals surface area contributed by atoms with E-state index in [0.717, 1.165) is 16.9 Å². The predicted molar refractivity (Wildman–Crippen MR) is 109 cm³/mol. The summed E-state index contributed by atoms with van der Waals surface area (Å²) in [6.45, 7) is 3.24. The van der Waals surface area contributed by atoms with E-state index in [2.05, 4.69) is 0 Å². The van der Waals surface area contributed by atoms with Gasteiger partial charge in [-0.2, -0.15) is 4.31 Å². The summed E-state index contributed by atoms with van der Waals surface area (Å²) >= 11 is 0. The van der Waals surface area contributed by atoms with Gasteiger partial charge in [-0.3, -0.25) is 4.79 Å². The number of carbonyl (C=O) groups excluding carboxylic acids is 1. The van der Waals surface area contributed by atoms with Gasteiger partial charge in [0, 0.05) is 32.3 Å². The molecule has 0 N–H and O–H groups in total. The predicted octanol–water partition coefficient (Wildman–Crippen LogP) is 2.55. The molecule has 1 amide bonds. The molecule has 0 radical (unpaired) electrons. The Balaban J connectivity index is 1.58. The molecule has 0 saturated carbocycles. The molecule has 1 saturated heterocycles. The quantitative estimate of drug-likeness (QED) is 0.724. The smallest absolute Gasteiger partial charge is 0.246 e. The third-order valence-electron chi connectivity index (χ3n) is 4.74. The number of carbonyl (C=O) groups is 1. The molecule has 2 aromatic rings. The van der Waals surface area contributed by atoms with Crippen molar-refractivity contribution in [2.75, 3.05) is 33.3 Å². The van der Waals surface area contributed by atoms with Crippen LogP contribution >= 0.6 is 0 Å². The molecule has 0 bridgehead atoms. The van der Waals surface area contributed by atoms with Gasteiger partial charge in [0.05, 0.1) is 12.0 Å². The molecule has 0 aliphatic carbocycles. The molecule has 1 fully saturated rings. The Morgan fingerprint density at radius 2 is 1.57 bits per heavy atom. The van der Waals surface area contributed by atoms with E-state index in [1.54, 1.807) is 42.4 Å². The number of aryl methyl sites for hydroxylation is 1. The first-order valence-corrected chi connectivity index (χ1v) is 10.5. The van der Waals surface area contributed by atoms with E-state index in [1.807, 2.05) is 31.2 Å². The second-order valence-corrected chi connectivity index (χ2v) is 8.59. The number of rotatable bonds is 5. The van der Waals surface area contributed by atoms with Crippen molar-refractivity contribution in [3.05, 3.63) is 65.7 Å². The topological polar surface area (TPSA) is 66.9 Å². The molecule has 6 nitrogen and oxygen atoms in total. The minimum Gasteiger partial charge on any atom is -0.497 e. The largest absolute Gasteiger partial charge is 0.497 e. The summed E-state index contributed by atoms with van der Waals surface area (Å²) in [4.78, 5) is 14.4. The molecule has 1 aliphatic rings. The van der Waals surface area contributed by atoms with Gasteiger partial charge in [0.15, 0.2) is 0 Å². The van der Waals surface area contributed by atoms with Gasteiger partial charge < -0.3 is 9.64 Å². The van der Waals surface area contributed by atoms with Crippen molar-refractivity contribution in [1.82, 2.24) is 9.21 Å². The van der Waals surface area contributed by atoms with Crippen LogP contribution in [0.3, 0.4) is 0 Å². The molecular weight excluding hydrogens is 376 g/mol. The molecule has 1 heterocycles. The lowest BCUT2D eigenvalue weighted by Crippen LogP contribution is -2.50. The third kappa shape index (κ3) is 4.61. The van der Waals surface area contributed by atoms with Gasteiger partial charge in [-0.1, -0.05) is 29.8 Å². The van der Waals surface area contributed by atoms with Crippen LogP contribution in [0, 0.1) is 6.92 Å². The lowest BCUT2D eigenvalue weighted by Gasteiger charge is -2.33. The Morgan fingerprint density at radius 1 is 0.964 bits per heavy atom. The summed E-state index contributed by atoms with van der Waals surface area (Å²) in [6, 6.07) is 14.2. The van der Waals surface area contributed by atoms with Crippen LogP contribution in [0.5, 0.6) is 5.75 Å². The Hall–Kier alpha value is -2.64. The van der Waals surface area contributed by atoms with E-state index in [-0.39, 0.29) is 10.8 Å². The molecule has 0 aromatic heterocycles. The summed E-state index contributed by atoms with van der Waals surface area (Å²) in [5, 5.41) is 0. The second kappa shape index (κ2) is 8.58. The maximum atomic E-state index is 12.7. The lowest BCUT2D eigenvalue weighted by atomic mass is 10.2. The van der Waals surface area contributed by atoms with E-state index >= 15 is 0 Å². The maximum absolute atomic E-state index is 12.7. The number of benzene rings is 2. The zero-order chi connectivity index (χ0) is 20.1. The number of piperazine rings is 1. The fourth-order valence-corrected chi connectivity index (χ4v) is 4.42. The SMILES string of the molecule is COc1ccc(/C=C/C(=O)N2CCN(S(=O)(=O)c3ccc(C)cc3)CC2)cc1. The highest BCUT2D eigenvalue weighted by molar-refractivity contribution is 7.89. The average molecular weight is 401 g/mol. The van der Waals surface area contributed by atoms with Crippen molar-refractivity contribution in [3.8, 4) is 5.75 Å². The van der Waals surface area contributed by atoms with Crippen LogP contribution in [-0.2, 0) is 14.8 Å². The van der Waals surface area contributed by atoms with Gasteiger partial charge in [0.1, 0.15) is 5.75 Å². The van der Waals surface area contributed by atoms with Crippen LogP contribution in [0.1, 0.15) is 11.1 Å². The molecule has 2 aromatic carbocycles. The van der Waals surface area contributed by atoms with Crippen LogP contribution in [-0.4, -0.2) is 56.8 Å². The van der Waals surface area contributed by atoms with E-state index in [9.17, 15) is 13.2 Å². The first-order chi connectivity index (χ1) is 13.4. The zero-order valence-corrected chi connectivity index (χ0v) is 16.9. The van der Waals surface area contributed by atoms with Crippen molar-refractivity contribution in [2.24, 2.45) is 0 Å². The first kappa shape index (κ1) is 20.1. The van der Waals surface area contributed by atoms with Crippen molar-refractivity contribution >= 4 is 22.0 Å². The number of methoxy groups -OCH3 is 1. The van der Waals surface area contributed by atoms with E-state index < -0.39 is 10.0 Å². The Kier molecular flexibility index (Phi) is 6.16. The Labute approximate surface area is 166 Å². The Bertz CT molecular complexity index is 943. The molecule has 7 heteroatoms. The highest BCUT2D eigenvalue weighted by atomic mass is 32.2. The number of nitrogens with zero attached hydrogens (tertiary/aromatic N) is 2. The standard InChI is InChI=1S/C21H24N2O4S/c1-17-3-10-20(11-4-17)28(25,26)23-15-13-22(14-16-23)21(24)12-7-18-5-8-19(27-2)9-6-18/h3-12H,13-16H2,1-2H3/b12-7+. The van der Waals surface area contributed by atoms with Crippen LogP contribution in [0.15, 0.2) is 59.5 Å². The molecule has 1 aliphatic heterocycles. The minimum atomic E-state index is -3.52. The van der Waals surface area contributed by atoms with E-state index in [4.69, 9.17) is 4.74 Å². The number of hydrogen-bond donors (Lipinski definition) is 0. The molecule has 28 heavy (non-hydrogen) atoms. The zero-order valence-electron chi connectivity index (χ0n) is 16.0. The normalized spacial score (nSPS) is 15.7. The summed E-state index contributed by atoms with van der Waals surface area (Å²) in [5.74, 6) is 0.637. The molecule has 0 atom stereocenters. The van der Waals surface area contributed by atoms with Crippen LogP contribution in [0.2, 0.25) is 0 Å². The van der Waals surface area contributed by atoms with Crippen molar-refractivity contribution in [3.63, 3.8) is 0 Å². The van der Waals surface area contributed by atoms with Gasteiger partial charge in [-0.25, -0.2) is 8.42 Å². The van der Waals surface area contributed by atoms with Crippen LogP contribution in [0.25, 0.3) is 6.08 Å². The fraction of sp³-hybridized carbons (Fsp3) is 0.286. The maximum Gasteiger partial charge on any atom is 0.246 e. The molecule has 0 spiro atoms. The van der Waals surface area contributed by atoms with Crippen molar-refractivity contribution in [1.29, 1.82) is 0 Å². The summed E-state index contributed by atoms with van der Waals surface area (Å²) < 4.78 is 32.0. The summed E-state index contributed by atoms with van der Waals surface area (Å²) in [5.41, 5.74) is 1.91. The molecule has 3 rings (SSSR count). The highest BCUT2D eigenvalue weighted by Crippen LogP contribution is 2.18. The van der Waals surface area contributed by atoms with Gasteiger partial charge in [-0.05, 0) is 42.8 Å². The molecule has 148 valence electrons. The van der Waals surface area contributed by atoms with Gasteiger partial charge in [-0.15, -0.1) is 0 Å².